The molecule has 0 radical (unpaired) electrons. The van der Waals surface area contributed by atoms with E-state index in [0.29, 0.717) is 11.4 Å². The van der Waals surface area contributed by atoms with E-state index in [1.54, 1.807) is 24.8 Å². The molecule has 0 saturated carbocycles. The molecule has 0 unspecified atom stereocenters. The van der Waals surface area contributed by atoms with Gasteiger partial charge in [0.2, 0.25) is 10.0 Å². The van der Waals surface area contributed by atoms with Gasteiger partial charge in [0.05, 0.1) is 16.9 Å². The second-order valence-corrected chi connectivity index (χ2v) is 9.30. The maximum atomic E-state index is 13.2. The molecule has 0 bridgehead atoms. The molecule has 2 atom stereocenters. The van der Waals surface area contributed by atoms with Crippen LogP contribution in [0, 0.1) is 0 Å². The molecule has 2 aromatic rings. The molecule has 1 aromatic carbocycles. The molecular formula is C20H22F3N3O4S. The smallest absolute Gasteiger partial charge is 0.417 e. The second kappa shape index (κ2) is 8.46. The van der Waals surface area contributed by atoms with Gasteiger partial charge < -0.3 is 10.0 Å². The van der Waals surface area contributed by atoms with Gasteiger partial charge in [0.15, 0.2) is 0 Å². The topological polar surface area (TPSA) is 90.8 Å². The van der Waals surface area contributed by atoms with Crippen LogP contribution in [-0.2, 0) is 27.4 Å². The Morgan fingerprint density at radius 2 is 1.87 bits per heavy atom. The Balaban J connectivity index is 1.82. The fraction of sp³-hybridized carbons (Fsp3) is 0.400. The Morgan fingerprint density at radius 3 is 2.45 bits per heavy atom. The quantitative estimate of drug-likeness (QED) is 0.742. The number of hydrogen-bond acceptors (Lipinski definition) is 5. The molecule has 168 valence electrons. The number of benzene rings is 1. The number of nitrogens with zero attached hydrogens (tertiary/aromatic N) is 3. The predicted octanol–water partition coefficient (Wildman–Crippen LogP) is 3.02. The fourth-order valence-corrected chi connectivity index (χ4v) is 5.38. The van der Waals surface area contributed by atoms with Crippen molar-refractivity contribution < 1.29 is 31.5 Å². The highest BCUT2D eigenvalue weighted by molar-refractivity contribution is 7.89. The first-order valence-electron chi connectivity index (χ1n) is 9.53. The molecule has 1 aromatic heterocycles. The lowest BCUT2D eigenvalue weighted by atomic mass is 10.1. The second-order valence-electron chi connectivity index (χ2n) is 7.41. The van der Waals surface area contributed by atoms with Gasteiger partial charge in [-0.2, -0.15) is 17.5 Å². The number of carboxylic acid groups (broad SMARTS) is 1. The van der Waals surface area contributed by atoms with Crippen molar-refractivity contribution in [3.8, 4) is 0 Å². The summed E-state index contributed by atoms with van der Waals surface area (Å²) in [5.74, 6) is -0.720. The number of hydrogen-bond donors (Lipinski definition) is 1. The number of rotatable bonds is 5. The molecule has 1 N–H and O–H groups in total. The molecule has 31 heavy (non-hydrogen) atoms. The number of aromatic nitrogens is 1. The first kappa shape index (κ1) is 23.0. The number of anilines is 1. The molecule has 1 aliphatic heterocycles. The molecular weight excluding hydrogens is 435 g/mol. The summed E-state index contributed by atoms with van der Waals surface area (Å²) in [5, 5.41) is 8.95. The molecule has 2 heterocycles. The van der Waals surface area contributed by atoms with Crippen LogP contribution < -0.4 is 4.90 Å². The van der Waals surface area contributed by atoms with Crippen LogP contribution in [0.5, 0.6) is 0 Å². The highest BCUT2D eigenvalue weighted by Gasteiger charge is 2.39. The first-order valence-corrected chi connectivity index (χ1v) is 11.0. The summed E-state index contributed by atoms with van der Waals surface area (Å²) in [6, 6.07) is 7.21. The number of aliphatic carboxylic acids is 1. The SMILES string of the molecule is C[C@@H]1[C@H](C)N(S(=O)(=O)c2cccc(CC(=O)O)c2)CCN1c1ccc(C(F)(F)F)cn1. The van der Waals surface area contributed by atoms with Crippen LogP contribution in [0.25, 0.3) is 0 Å². The van der Waals surface area contributed by atoms with Crippen LogP contribution in [0.2, 0.25) is 0 Å². The molecule has 0 spiro atoms. The van der Waals surface area contributed by atoms with E-state index in [0.717, 1.165) is 12.3 Å². The highest BCUT2D eigenvalue weighted by Crippen LogP contribution is 2.31. The van der Waals surface area contributed by atoms with E-state index in [1.165, 1.54) is 28.6 Å². The van der Waals surface area contributed by atoms with Crippen LogP contribution >= 0.6 is 0 Å². The van der Waals surface area contributed by atoms with Crippen molar-refractivity contribution in [1.82, 2.24) is 9.29 Å². The Labute approximate surface area is 178 Å². The number of pyridine rings is 1. The van der Waals surface area contributed by atoms with Crippen LogP contribution in [0.4, 0.5) is 19.0 Å². The number of alkyl halides is 3. The maximum absolute atomic E-state index is 13.2. The van der Waals surface area contributed by atoms with Crippen LogP contribution in [-0.4, -0.2) is 54.0 Å². The van der Waals surface area contributed by atoms with Gasteiger partial charge in [-0.3, -0.25) is 4.79 Å². The molecule has 1 saturated heterocycles. The molecule has 3 rings (SSSR count). The lowest BCUT2D eigenvalue weighted by Crippen LogP contribution is -2.59. The maximum Gasteiger partial charge on any atom is 0.417 e. The summed E-state index contributed by atoms with van der Waals surface area (Å²) < 4.78 is 66.1. The number of piperazine rings is 1. The van der Waals surface area contributed by atoms with Crippen molar-refractivity contribution in [3.63, 3.8) is 0 Å². The van der Waals surface area contributed by atoms with Crippen molar-refractivity contribution in [1.29, 1.82) is 0 Å². The lowest BCUT2D eigenvalue weighted by Gasteiger charge is -2.44. The van der Waals surface area contributed by atoms with Gasteiger partial charge in [-0.05, 0) is 43.7 Å². The Morgan fingerprint density at radius 1 is 1.16 bits per heavy atom. The summed E-state index contributed by atoms with van der Waals surface area (Å²) >= 11 is 0. The van der Waals surface area contributed by atoms with E-state index in [2.05, 4.69) is 4.98 Å². The number of carbonyl (C=O) groups is 1. The minimum absolute atomic E-state index is 0.00593. The van der Waals surface area contributed by atoms with Gasteiger partial charge in [-0.25, -0.2) is 13.4 Å². The summed E-state index contributed by atoms with van der Waals surface area (Å²) in [6.45, 7) is 3.86. The van der Waals surface area contributed by atoms with Crippen molar-refractivity contribution in [2.24, 2.45) is 0 Å². The monoisotopic (exact) mass is 457 g/mol. The molecule has 7 nitrogen and oxygen atoms in total. The van der Waals surface area contributed by atoms with Crippen LogP contribution in [0.1, 0.15) is 25.0 Å². The molecule has 1 fully saturated rings. The van der Waals surface area contributed by atoms with E-state index < -0.39 is 33.8 Å². The summed E-state index contributed by atoms with van der Waals surface area (Å²) in [6.07, 6.45) is -4.00. The van der Waals surface area contributed by atoms with Crippen molar-refractivity contribution in [2.45, 2.75) is 43.4 Å². The third-order valence-corrected chi connectivity index (χ3v) is 7.42. The largest absolute Gasteiger partial charge is 0.481 e. The Kier molecular flexibility index (Phi) is 6.28. The van der Waals surface area contributed by atoms with E-state index in [9.17, 15) is 26.4 Å². The summed E-state index contributed by atoms with van der Waals surface area (Å²) in [4.78, 5) is 16.6. The lowest BCUT2D eigenvalue weighted by molar-refractivity contribution is -0.138. The van der Waals surface area contributed by atoms with Gasteiger partial charge >= 0.3 is 12.1 Å². The predicted molar refractivity (Wildman–Crippen MR) is 107 cm³/mol. The highest BCUT2D eigenvalue weighted by atomic mass is 32.2. The van der Waals surface area contributed by atoms with Crippen molar-refractivity contribution in [2.75, 3.05) is 18.0 Å². The van der Waals surface area contributed by atoms with Crippen LogP contribution in [0.15, 0.2) is 47.5 Å². The zero-order chi connectivity index (χ0) is 23.0. The van der Waals surface area contributed by atoms with Gasteiger partial charge in [0, 0.05) is 31.4 Å². The summed E-state index contributed by atoms with van der Waals surface area (Å²) in [7, 11) is -3.89. The van der Waals surface area contributed by atoms with Gasteiger partial charge in [0.1, 0.15) is 5.82 Å². The molecule has 0 aliphatic carbocycles. The van der Waals surface area contributed by atoms with E-state index in [4.69, 9.17) is 5.11 Å². The van der Waals surface area contributed by atoms with Crippen molar-refractivity contribution in [3.05, 3.63) is 53.7 Å². The van der Waals surface area contributed by atoms with Crippen molar-refractivity contribution >= 4 is 21.8 Å². The van der Waals surface area contributed by atoms with E-state index >= 15 is 0 Å². The van der Waals surface area contributed by atoms with Gasteiger partial charge in [-0.1, -0.05) is 12.1 Å². The average Bonchev–Trinajstić information content (AvgIpc) is 2.69. The normalized spacial score (nSPS) is 20.6. The minimum atomic E-state index is -4.48. The van der Waals surface area contributed by atoms with E-state index in [1.807, 2.05) is 0 Å². The Bertz CT molecular complexity index is 1060. The zero-order valence-electron chi connectivity index (χ0n) is 16.9. The first-order chi connectivity index (χ1) is 14.4. The number of halogens is 3. The van der Waals surface area contributed by atoms with Crippen LogP contribution in [0.3, 0.4) is 0 Å². The standard InChI is InChI=1S/C20H22F3N3O4S/c1-13-14(2)26(31(29,30)17-5-3-4-15(10-17)11-19(27)28)9-8-25(13)18-7-6-16(12-24-18)20(21,22)23/h3-7,10,12-14H,8-9,11H2,1-2H3,(H,27,28)/t13-,14+/m1/s1. The van der Waals surface area contributed by atoms with E-state index in [-0.39, 0.29) is 30.4 Å². The summed E-state index contributed by atoms with van der Waals surface area (Å²) in [5.41, 5.74) is -0.471. The fourth-order valence-electron chi connectivity index (χ4n) is 3.63. The molecule has 0 amide bonds. The number of sulfonamides is 1. The minimum Gasteiger partial charge on any atom is -0.481 e. The molecule has 11 heteroatoms. The number of carboxylic acids is 1. The third kappa shape index (κ3) is 4.82. The zero-order valence-corrected chi connectivity index (χ0v) is 17.7. The third-order valence-electron chi connectivity index (χ3n) is 5.44. The van der Waals surface area contributed by atoms with Gasteiger partial charge in [0.25, 0.3) is 0 Å². The average molecular weight is 457 g/mol. The molecule has 1 aliphatic rings. The Hall–Kier alpha value is -2.66. The van der Waals surface area contributed by atoms with Gasteiger partial charge in [-0.15, -0.1) is 0 Å².